The van der Waals surface area contributed by atoms with Gasteiger partial charge in [-0.3, -0.25) is 0 Å². The number of nitrogens with one attached hydrogen (secondary N) is 1. The van der Waals surface area contributed by atoms with E-state index < -0.39 is 0 Å². The fourth-order valence-electron chi connectivity index (χ4n) is 1.83. The Bertz CT molecular complexity index is 367. The molecule has 0 aliphatic heterocycles. The van der Waals surface area contributed by atoms with Gasteiger partial charge in [0.15, 0.2) is 0 Å². The van der Waals surface area contributed by atoms with Crippen LogP contribution in [0.4, 0.5) is 0 Å². The third kappa shape index (κ3) is 4.24. The highest BCUT2D eigenvalue weighted by Gasteiger charge is 2.19. The van der Waals surface area contributed by atoms with Crippen molar-refractivity contribution in [2.45, 2.75) is 57.3 Å². The lowest BCUT2D eigenvalue weighted by molar-refractivity contribution is 0.352. The molecule has 0 atom stereocenters. The van der Waals surface area contributed by atoms with Crippen LogP contribution in [-0.2, 0) is 6.54 Å². The van der Waals surface area contributed by atoms with E-state index in [1.54, 1.807) is 11.8 Å². The van der Waals surface area contributed by atoms with Gasteiger partial charge in [0.2, 0.25) is 5.16 Å². The topological polar surface area (TPSA) is 55.6 Å². The summed E-state index contributed by atoms with van der Waals surface area (Å²) in [5.41, 5.74) is 0.146. The summed E-state index contributed by atoms with van der Waals surface area (Å²) < 4.78 is 1.90. The van der Waals surface area contributed by atoms with Gasteiger partial charge in [-0.25, -0.2) is 4.68 Å². The summed E-state index contributed by atoms with van der Waals surface area (Å²) in [6.07, 6.45) is 4.14. The molecule has 1 N–H and O–H groups in total. The monoisotopic (exact) mass is 269 g/mol. The van der Waals surface area contributed by atoms with E-state index in [1.807, 2.05) is 4.68 Å². The van der Waals surface area contributed by atoms with E-state index in [2.05, 4.69) is 41.6 Å². The van der Waals surface area contributed by atoms with Crippen LogP contribution in [0.1, 0.15) is 40.0 Å². The largest absolute Gasteiger partial charge is 0.310 e. The number of thioether (sulfide) groups is 1. The van der Waals surface area contributed by atoms with Gasteiger partial charge in [-0.15, -0.1) is 5.10 Å². The van der Waals surface area contributed by atoms with Crippen LogP contribution in [-0.4, -0.2) is 38.0 Å². The average molecular weight is 269 g/mol. The molecule has 1 aliphatic rings. The summed E-state index contributed by atoms with van der Waals surface area (Å²) in [4.78, 5) is 0. The molecular formula is C12H23N5S. The van der Waals surface area contributed by atoms with E-state index in [0.29, 0.717) is 0 Å². The number of hydrogen-bond acceptors (Lipinski definition) is 5. The van der Waals surface area contributed by atoms with Gasteiger partial charge in [0, 0.05) is 17.8 Å². The number of tetrazole rings is 1. The summed E-state index contributed by atoms with van der Waals surface area (Å²) in [7, 11) is 0. The Morgan fingerprint density at radius 2 is 2.17 bits per heavy atom. The summed E-state index contributed by atoms with van der Waals surface area (Å²) in [5.74, 6) is 2.04. The van der Waals surface area contributed by atoms with E-state index >= 15 is 0 Å². The van der Waals surface area contributed by atoms with Crippen LogP contribution < -0.4 is 5.32 Å². The van der Waals surface area contributed by atoms with Gasteiger partial charge in [-0.2, -0.15) is 0 Å². The van der Waals surface area contributed by atoms with Crippen molar-refractivity contribution in [1.82, 2.24) is 25.5 Å². The molecule has 5 nitrogen and oxygen atoms in total. The first-order valence-electron chi connectivity index (χ1n) is 6.68. The summed E-state index contributed by atoms with van der Waals surface area (Å²) >= 11 is 1.79. The van der Waals surface area contributed by atoms with E-state index in [4.69, 9.17) is 0 Å². The predicted molar refractivity (Wildman–Crippen MR) is 73.6 cm³/mol. The Balaban J connectivity index is 1.75. The molecule has 18 heavy (non-hydrogen) atoms. The van der Waals surface area contributed by atoms with E-state index in [1.165, 1.54) is 19.3 Å². The highest BCUT2D eigenvalue weighted by Crippen LogP contribution is 2.31. The molecule has 0 bridgehead atoms. The Kier molecular flexibility index (Phi) is 4.61. The van der Waals surface area contributed by atoms with Crippen LogP contribution in [0.3, 0.4) is 0 Å². The van der Waals surface area contributed by atoms with Gasteiger partial charge in [-0.1, -0.05) is 18.2 Å². The maximum atomic E-state index is 4.10. The molecule has 0 aromatic carbocycles. The smallest absolute Gasteiger partial charge is 0.209 e. The van der Waals surface area contributed by atoms with Crippen molar-refractivity contribution in [3.63, 3.8) is 0 Å². The Morgan fingerprint density at radius 1 is 1.39 bits per heavy atom. The molecule has 102 valence electrons. The lowest BCUT2D eigenvalue weighted by atomic mass is 9.87. The van der Waals surface area contributed by atoms with Crippen LogP contribution in [0.25, 0.3) is 0 Å². The normalized spacial score (nSPS) is 16.8. The second-order valence-electron chi connectivity index (χ2n) is 5.97. The maximum Gasteiger partial charge on any atom is 0.209 e. The van der Waals surface area contributed by atoms with Crippen LogP contribution in [0.2, 0.25) is 0 Å². The Labute approximate surface area is 113 Å². The highest BCUT2D eigenvalue weighted by atomic mass is 32.2. The first kappa shape index (κ1) is 13.8. The van der Waals surface area contributed by atoms with Crippen molar-refractivity contribution in [2.24, 2.45) is 5.92 Å². The van der Waals surface area contributed by atoms with Crippen LogP contribution in [0.5, 0.6) is 0 Å². The molecule has 1 aliphatic carbocycles. The third-order valence-corrected chi connectivity index (χ3v) is 4.34. The van der Waals surface area contributed by atoms with E-state index in [0.717, 1.165) is 29.9 Å². The van der Waals surface area contributed by atoms with E-state index in [9.17, 15) is 0 Å². The second-order valence-corrected chi connectivity index (χ2v) is 6.96. The van der Waals surface area contributed by atoms with Gasteiger partial charge >= 0.3 is 0 Å². The molecule has 0 radical (unpaired) electrons. The second kappa shape index (κ2) is 6.02. The van der Waals surface area contributed by atoms with Crippen molar-refractivity contribution in [3.8, 4) is 0 Å². The molecular weight excluding hydrogens is 246 g/mol. The summed E-state index contributed by atoms with van der Waals surface area (Å²) in [6.45, 7) is 8.22. The number of hydrogen-bond donors (Lipinski definition) is 1. The molecule has 0 saturated heterocycles. The summed E-state index contributed by atoms with van der Waals surface area (Å²) in [5, 5.41) is 16.3. The predicted octanol–water partition coefficient (Wildman–Crippen LogP) is 1.95. The molecule has 0 spiro atoms. The van der Waals surface area contributed by atoms with Gasteiger partial charge in [-0.05, 0) is 50.0 Å². The van der Waals surface area contributed by atoms with Crippen molar-refractivity contribution in [2.75, 3.05) is 12.3 Å². The molecule has 1 aromatic heterocycles. The quantitative estimate of drug-likeness (QED) is 0.800. The van der Waals surface area contributed by atoms with Crippen molar-refractivity contribution >= 4 is 11.8 Å². The summed E-state index contributed by atoms with van der Waals surface area (Å²) in [6, 6.07) is 0. The minimum atomic E-state index is 0.146. The third-order valence-electron chi connectivity index (χ3n) is 3.15. The molecule has 1 fully saturated rings. The standard InChI is InChI=1S/C12H23N5S/c1-12(2,3)13-7-8-17-11(14-15-16-17)18-9-10-5-4-6-10/h10,13H,4-9H2,1-3H3. The SMILES string of the molecule is CC(C)(C)NCCn1nnnc1SCC1CCC1. The molecule has 1 aromatic rings. The average Bonchev–Trinajstić information content (AvgIpc) is 2.61. The fraction of sp³-hybridized carbons (Fsp3) is 0.917. The van der Waals surface area contributed by atoms with Crippen LogP contribution >= 0.6 is 11.8 Å². The molecule has 0 amide bonds. The van der Waals surface area contributed by atoms with Crippen molar-refractivity contribution in [3.05, 3.63) is 0 Å². The molecule has 0 unspecified atom stereocenters. The number of nitrogens with zero attached hydrogens (tertiary/aromatic N) is 4. The Hall–Kier alpha value is -0.620. The highest BCUT2D eigenvalue weighted by molar-refractivity contribution is 7.99. The lowest BCUT2D eigenvalue weighted by Crippen LogP contribution is -2.38. The zero-order valence-corrected chi connectivity index (χ0v) is 12.3. The van der Waals surface area contributed by atoms with Gasteiger partial charge in [0.1, 0.15) is 0 Å². The van der Waals surface area contributed by atoms with Gasteiger partial charge in [0.05, 0.1) is 6.54 Å². The first-order valence-corrected chi connectivity index (χ1v) is 7.67. The number of rotatable bonds is 6. The van der Waals surface area contributed by atoms with Crippen LogP contribution in [0.15, 0.2) is 5.16 Å². The number of aromatic nitrogens is 4. The van der Waals surface area contributed by atoms with Crippen molar-refractivity contribution < 1.29 is 0 Å². The first-order chi connectivity index (χ1) is 8.54. The van der Waals surface area contributed by atoms with E-state index in [-0.39, 0.29) is 5.54 Å². The zero-order valence-electron chi connectivity index (χ0n) is 11.5. The minimum absolute atomic E-state index is 0.146. The van der Waals surface area contributed by atoms with Crippen molar-refractivity contribution in [1.29, 1.82) is 0 Å². The minimum Gasteiger partial charge on any atom is -0.310 e. The maximum absolute atomic E-state index is 4.10. The molecule has 2 rings (SSSR count). The van der Waals surface area contributed by atoms with Gasteiger partial charge < -0.3 is 5.32 Å². The van der Waals surface area contributed by atoms with Crippen LogP contribution in [0, 0.1) is 5.92 Å². The zero-order chi connectivity index (χ0) is 13.0. The lowest BCUT2D eigenvalue weighted by Gasteiger charge is -2.24. The molecule has 6 heteroatoms. The molecule has 1 heterocycles. The fourth-order valence-corrected chi connectivity index (χ4v) is 2.92. The Morgan fingerprint density at radius 3 is 2.78 bits per heavy atom. The van der Waals surface area contributed by atoms with Gasteiger partial charge in [0.25, 0.3) is 0 Å². The molecule has 1 saturated carbocycles.